The Hall–Kier alpha value is -1.33. The van der Waals surface area contributed by atoms with Crippen molar-refractivity contribution in [1.29, 1.82) is 0 Å². The zero-order valence-electron chi connectivity index (χ0n) is 9.41. The number of hydrogen-bond acceptors (Lipinski definition) is 4. The van der Waals surface area contributed by atoms with E-state index in [1.165, 1.54) is 19.2 Å². The summed E-state index contributed by atoms with van der Waals surface area (Å²) in [4.78, 5) is 16.0. The van der Waals surface area contributed by atoms with Gasteiger partial charge in [0.15, 0.2) is 0 Å². The van der Waals surface area contributed by atoms with Gasteiger partial charge in [-0.15, -0.1) is 0 Å². The summed E-state index contributed by atoms with van der Waals surface area (Å²) in [5, 5.41) is 10.6. The molecular formula is C12H9BrClNO3. The molecule has 1 aromatic heterocycles. The molecule has 0 aliphatic heterocycles. The minimum absolute atomic E-state index is 0.0635. The van der Waals surface area contributed by atoms with Crippen molar-refractivity contribution in [2.75, 3.05) is 7.11 Å². The van der Waals surface area contributed by atoms with E-state index in [9.17, 15) is 9.90 Å². The number of ether oxygens (including phenoxy) is 1. The third-order valence-corrected chi connectivity index (χ3v) is 3.42. The first-order chi connectivity index (χ1) is 8.58. The largest absolute Gasteiger partial charge is 0.508 e. The van der Waals surface area contributed by atoms with Gasteiger partial charge in [-0.05, 0) is 18.2 Å². The van der Waals surface area contributed by atoms with Gasteiger partial charge < -0.3 is 9.84 Å². The van der Waals surface area contributed by atoms with Crippen molar-refractivity contribution in [3.05, 3.63) is 34.5 Å². The molecule has 0 atom stereocenters. The number of aromatic nitrogens is 1. The molecule has 0 bridgehead atoms. The highest BCUT2D eigenvalue weighted by Crippen LogP contribution is 2.31. The van der Waals surface area contributed by atoms with Gasteiger partial charge in [-0.1, -0.05) is 27.5 Å². The van der Waals surface area contributed by atoms with E-state index in [4.69, 9.17) is 16.3 Å². The van der Waals surface area contributed by atoms with E-state index < -0.39 is 5.97 Å². The van der Waals surface area contributed by atoms with E-state index in [2.05, 4.69) is 20.9 Å². The zero-order valence-corrected chi connectivity index (χ0v) is 11.7. The number of carbonyl (C=O) groups is 1. The van der Waals surface area contributed by atoms with Crippen molar-refractivity contribution in [2.24, 2.45) is 0 Å². The lowest BCUT2D eigenvalue weighted by Gasteiger charge is -2.10. The molecule has 0 aliphatic carbocycles. The SMILES string of the molecule is COC(=O)c1c(CBr)nc2ccc(O)cc2c1Cl. The Morgan fingerprint density at radius 1 is 1.56 bits per heavy atom. The first-order valence-corrected chi connectivity index (χ1v) is 6.53. The number of phenolic OH excluding ortho intramolecular Hbond substituents is 1. The van der Waals surface area contributed by atoms with Crippen LogP contribution in [-0.4, -0.2) is 23.2 Å². The third-order valence-electron chi connectivity index (χ3n) is 2.50. The molecule has 1 N–H and O–H groups in total. The fourth-order valence-corrected chi connectivity index (χ4v) is 2.41. The Morgan fingerprint density at radius 2 is 2.28 bits per heavy atom. The first-order valence-electron chi connectivity index (χ1n) is 5.04. The molecule has 18 heavy (non-hydrogen) atoms. The minimum atomic E-state index is -0.549. The van der Waals surface area contributed by atoms with Gasteiger partial charge in [0.05, 0.1) is 23.3 Å². The molecule has 0 fully saturated rings. The summed E-state index contributed by atoms with van der Waals surface area (Å²) >= 11 is 9.46. The van der Waals surface area contributed by atoms with Crippen molar-refractivity contribution in [3.63, 3.8) is 0 Å². The van der Waals surface area contributed by atoms with Crippen LogP contribution in [0.2, 0.25) is 5.02 Å². The normalized spacial score (nSPS) is 10.6. The monoisotopic (exact) mass is 329 g/mol. The van der Waals surface area contributed by atoms with Crippen molar-refractivity contribution in [2.45, 2.75) is 5.33 Å². The fourth-order valence-electron chi connectivity index (χ4n) is 1.67. The van der Waals surface area contributed by atoms with Crippen LogP contribution < -0.4 is 0 Å². The molecule has 0 saturated heterocycles. The molecule has 4 nitrogen and oxygen atoms in total. The van der Waals surface area contributed by atoms with Gasteiger partial charge >= 0.3 is 5.97 Å². The highest BCUT2D eigenvalue weighted by Gasteiger charge is 2.20. The lowest BCUT2D eigenvalue weighted by atomic mass is 10.1. The predicted octanol–water partition coefficient (Wildman–Crippen LogP) is 3.28. The van der Waals surface area contributed by atoms with Crippen molar-refractivity contribution in [1.82, 2.24) is 4.98 Å². The Balaban J connectivity index is 2.83. The number of nitrogens with zero attached hydrogens (tertiary/aromatic N) is 1. The Kier molecular flexibility index (Phi) is 3.73. The molecule has 0 amide bonds. The standard InChI is InChI=1S/C12H9BrClNO3/c1-18-12(17)10-9(5-13)15-8-3-2-6(16)4-7(8)11(10)14/h2-4,16H,5H2,1H3. The highest BCUT2D eigenvalue weighted by atomic mass is 79.9. The molecule has 1 heterocycles. The maximum atomic E-state index is 11.7. The van der Waals surface area contributed by atoms with E-state index in [1.54, 1.807) is 6.07 Å². The molecular weight excluding hydrogens is 321 g/mol. The number of alkyl halides is 1. The summed E-state index contributed by atoms with van der Waals surface area (Å²) in [5.74, 6) is -0.485. The topological polar surface area (TPSA) is 59.4 Å². The number of methoxy groups -OCH3 is 1. The summed E-state index contributed by atoms with van der Waals surface area (Å²) in [7, 11) is 1.28. The number of pyridine rings is 1. The lowest BCUT2D eigenvalue weighted by molar-refractivity contribution is 0.0599. The van der Waals surface area contributed by atoms with Crippen molar-refractivity contribution >= 4 is 44.4 Å². The van der Waals surface area contributed by atoms with Crippen molar-refractivity contribution in [3.8, 4) is 5.75 Å². The zero-order chi connectivity index (χ0) is 13.3. The van der Waals surface area contributed by atoms with Crippen LogP contribution in [0.4, 0.5) is 0 Å². The number of esters is 1. The average molecular weight is 331 g/mol. The predicted molar refractivity (Wildman–Crippen MR) is 72.4 cm³/mol. The number of hydrogen-bond donors (Lipinski definition) is 1. The molecule has 0 aliphatic rings. The second-order valence-corrected chi connectivity index (χ2v) is 4.51. The van der Waals surface area contributed by atoms with Gasteiger partial charge in [0.2, 0.25) is 0 Å². The fraction of sp³-hybridized carbons (Fsp3) is 0.167. The average Bonchev–Trinajstić information content (AvgIpc) is 2.38. The highest BCUT2D eigenvalue weighted by molar-refractivity contribution is 9.08. The molecule has 0 radical (unpaired) electrons. The van der Waals surface area contributed by atoms with Crippen molar-refractivity contribution < 1.29 is 14.6 Å². The summed E-state index contributed by atoms with van der Waals surface area (Å²) in [6.45, 7) is 0. The van der Waals surface area contributed by atoms with E-state index in [0.717, 1.165) is 0 Å². The molecule has 2 aromatic rings. The van der Waals surface area contributed by atoms with Crippen LogP contribution in [-0.2, 0) is 10.1 Å². The number of rotatable bonds is 2. The molecule has 1 aromatic carbocycles. The van der Waals surface area contributed by atoms with Gasteiger partial charge in [0.1, 0.15) is 11.3 Å². The van der Waals surface area contributed by atoms with Crippen LogP contribution in [0.3, 0.4) is 0 Å². The molecule has 94 valence electrons. The molecule has 0 spiro atoms. The van der Waals surface area contributed by atoms with Gasteiger partial charge in [-0.2, -0.15) is 0 Å². The van der Waals surface area contributed by atoms with Gasteiger partial charge in [-0.3, -0.25) is 4.98 Å². The molecule has 0 unspecified atom stereocenters. The smallest absolute Gasteiger partial charge is 0.341 e. The van der Waals surface area contributed by atoms with E-state index >= 15 is 0 Å². The maximum Gasteiger partial charge on any atom is 0.341 e. The van der Waals surface area contributed by atoms with E-state index in [0.29, 0.717) is 21.9 Å². The van der Waals surface area contributed by atoms with Gasteiger partial charge in [0, 0.05) is 10.7 Å². The molecule has 6 heteroatoms. The van der Waals surface area contributed by atoms with Crippen LogP contribution in [0.5, 0.6) is 5.75 Å². The second kappa shape index (κ2) is 5.12. The minimum Gasteiger partial charge on any atom is -0.508 e. The summed E-state index contributed by atoms with van der Waals surface area (Å²) in [6, 6.07) is 4.63. The van der Waals surface area contributed by atoms with Gasteiger partial charge in [0.25, 0.3) is 0 Å². The second-order valence-electron chi connectivity index (χ2n) is 3.57. The Morgan fingerprint density at radius 3 is 2.89 bits per heavy atom. The molecule has 0 saturated carbocycles. The number of benzene rings is 1. The Bertz CT molecular complexity index is 630. The number of halogens is 2. The van der Waals surface area contributed by atoms with E-state index in [-0.39, 0.29) is 16.3 Å². The van der Waals surface area contributed by atoms with Crippen LogP contribution in [0.15, 0.2) is 18.2 Å². The van der Waals surface area contributed by atoms with E-state index in [1.807, 2.05) is 0 Å². The lowest BCUT2D eigenvalue weighted by Crippen LogP contribution is -2.08. The molecule has 2 rings (SSSR count). The van der Waals surface area contributed by atoms with Crippen LogP contribution >= 0.6 is 27.5 Å². The summed E-state index contributed by atoms with van der Waals surface area (Å²) in [6.07, 6.45) is 0. The number of aromatic hydroxyl groups is 1. The van der Waals surface area contributed by atoms with Crippen LogP contribution in [0.25, 0.3) is 10.9 Å². The number of phenols is 1. The maximum absolute atomic E-state index is 11.7. The van der Waals surface area contributed by atoms with Crippen LogP contribution in [0, 0.1) is 0 Å². The number of fused-ring (bicyclic) bond motifs is 1. The summed E-state index contributed by atoms with van der Waals surface area (Å²) in [5.41, 5.74) is 1.33. The van der Waals surface area contributed by atoms with Gasteiger partial charge in [-0.25, -0.2) is 4.79 Å². The number of carbonyl (C=O) groups excluding carboxylic acids is 1. The Labute approximate surface area is 117 Å². The first kappa shape index (κ1) is 13.1. The quantitative estimate of drug-likeness (QED) is 0.678. The third kappa shape index (κ3) is 2.15. The van der Waals surface area contributed by atoms with Crippen LogP contribution in [0.1, 0.15) is 16.1 Å². The summed E-state index contributed by atoms with van der Waals surface area (Å²) < 4.78 is 4.69.